The zero-order valence-corrected chi connectivity index (χ0v) is 17.0. The molecule has 4 rings (SSSR count). The minimum Gasteiger partial charge on any atom is -0.465 e. The van der Waals surface area contributed by atoms with Crippen LogP contribution in [-0.2, 0) is 0 Å². The molecule has 0 radical (unpaired) electrons. The Morgan fingerprint density at radius 2 is 1.80 bits per heavy atom. The van der Waals surface area contributed by atoms with E-state index in [1.807, 2.05) is 54.6 Å². The van der Waals surface area contributed by atoms with Crippen molar-refractivity contribution in [2.75, 3.05) is 13.1 Å². The van der Waals surface area contributed by atoms with Gasteiger partial charge in [-0.3, -0.25) is 4.79 Å². The Hall–Kier alpha value is -3.39. The molecule has 30 heavy (non-hydrogen) atoms. The largest absolute Gasteiger partial charge is 0.465 e. The molecule has 7 nitrogen and oxygen atoms in total. The number of primary amides is 1. The van der Waals surface area contributed by atoms with E-state index < -0.39 is 12.0 Å². The summed E-state index contributed by atoms with van der Waals surface area (Å²) in [7, 11) is 0. The van der Waals surface area contributed by atoms with E-state index in [1.165, 1.54) is 16.2 Å². The van der Waals surface area contributed by atoms with Crippen molar-refractivity contribution in [3.63, 3.8) is 0 Å². The molecule has 1 unspecified atom stereocenters. The number of hydrogen-bond acceptors (Lipinski definition) is 5. The smallest absolute Gasteiger partial charge is 0.407 e. The summed E-state index contributed by atoms with van der Waals surface area (Å²) in [5, 5.41) is 10.0. The summed E-state index contributed by atoms with van der Waals surface area (Å²) in [6.07, 6.45) is 0.669. The second-order valence-corrected chi connectivity index (χ2v) is 8.13. The lowest BCUT2D eigenvalue weighted by atomic mass is 9.99. The first-order valence-electron chi connectivity index (χ1n) is 9.63. The van der Waals surface area contributed by atoms with Crippen LogP contribution in [0.1, 0.15) is 33.4 Å². The summed E-state index contributed by atoms with van der Waals surface area (Å²) in [6.45, 7) is 0.903. The molecule has 8 heteroatoms. The van der Waals surface area contributed by atoms with Crippen molar-refractivity contribution in [3.05, 3.63) is 64.5 Å². The summed E-state index contributed by atoms with van der Waals surface area (Å²) in [6, 6.07) is 16.8. The van der Waals surface area contributed by atoms with Crippen LogP contribution in [0.25, 0.3) is 11.3 Å². The van der Waals surface area contributed by atoms with Gasteiger partial charge < -0.3 is 20.5 Å². The minimum absolute atomic E-state index is 0.0348. The van der Waals surface area contributed by atoms with Gasteiger partial charge in [-0.25, -0.2) is 9.78 Å². The highest BCUT2D eigenvalue weighted by molar-refractivity contribution is 7.14. The minimum atomic E-state index is -0.930. The third kappa shape index (κ3) is 4.28. The Morgan fingerprint density at radius 1 is 1.10 bits per heavy atom. The highest BCUT2D eigenvalue weighted by atomic mass is 32.1. The van der Waals surface area contributed by atoms with Crippen LogP contribution in [0.2, 0.25) is 0 Å². The Labute approximate surface area is 177 Å². The van der Waals surface area contributed by atoms with Gasteiger partial charge in [-0.1, -0.05) is 18.2 Å². The first-order chi connectivity index (χ1) is 14.5. The summed E-state index contributed by atoms with van der Waals surface area (Å²) < 4.78 is 5.81. The number of thiazole rings is 1. The van der Waals surface area contributed by atoms with E-state index in [0.717, 1.165) is 29.2 Å². The van der Waals surface area contributed by atoms with E-state index >= 15 is 0 Å². The van der Waals surface area contributed by atoms with Crippen LogP contribution in [-0.4, -0.2) is 40.1 Å². The van der Waals surface area contributed by atoms with Crippen LogP contribution in [0.4, 0.5) is 4.79 Å². The van der Waals surface area contributed by atoms with Crippen LogP contribution in [0.15, 0.2) is 54.6 Å². The van der Waals surface area contributed by atoms with Gasteiger partial charge in [0.2, 0.25) is 0 Å². The number of nitrogens with zero attached hydrogens (tertiary/aromatic N) is 2. The molecular weight excluding hydrogens is 402 g/mol. The maximum absolute atomic E-state index is 12.0. The van der Waals surface area contributed by atoms with Crippen molar-refractivity contribution in [2.45, 2.75) is 18.8 Å². The summed E-state index contributed by atoms with van der Waals surface area (Å²) in [4.78, 5) is 29.8. The molecule has 3 aromatic rings. The molecule has 1 saturated heterocycles. The molecule has 1 atom stereocenters. The molecule has 154 valence electrons. The van der Waals surface area contributed by atoms with Crippen molar-refractivity contribution in [1.29, 1.82) is 0 Å². The van der Waals surface area contributed by atoms with Gasteiger partial charge in [0.25, 0.3) is 5.91 Å². The Balaban J connectivity index is 1.59. The molecule has 1 fully saturated rings. The quantitative estimate of drug-likeness (QED) is 0.626. The molecule has 2 aromatic carbocycles. The van der Waals surface area contributed by atoms with Crippen LogP contribution < -0.4 is 10.5 Å². The standard InChI is InChI=1S/C22H21N3O4S/c23-20(26)19-18(24-21(30-19)15-5-4-12-25(13-15)22(27)28)14-8-10-17(11-9-14)29-16-6-2-1-3-7-16/h1-3,6-11,15H,4-5,12-13H2,(H2,23,26)(H,27,28). The van der Waals surface area contributed by atoms with Gasteiger partial charge in [0.05, 0.1) is 10.7 Å². The molecule has 1 aliphatic rings. The number of hydrogen-bond donors (Lipinski definition) is 2. The fourth-order valence-corrected chi connectivity index (χ4v) is 4.60. The topological polar surface area (TPSA) is 106 Å². The molecule has 0 aliphatic carbocycles. The second-order valence-electron chi connectivity index (χ2n) is 7.10. The van der Waals surface area contributed by atoms with Crippen molar-refractivity contribution < 1.29 is 19.4 Å². The summed E-state index contributed by atoms with van der Waals surface area (Å²) in [5.41, 5.74) is 6.90. The third-order valence-corrected chi connectivity index (χ3v) is 6.25. The predicted octanol–water partition coefficient (Wildman–Crippen LogP) is 4.56. The van der Waals surface area contributed by atoms with Crippen LogP contribution >= 0.6 is 11.3 Å². The van der Waals surface area contributed by atoms with Crippen LogP contribution in [0, 0.1) is 0 Å². The van der Waals surface area contributed by atoms with Gasteiger partial charge in [0, 0.05) is 24.6 Å². The highest BCUT2D eigenvalue weighted by Crippen LogP contribution is 2.36. The number of ether oxygens (including phenoxy) is 1. The maximum Gasteiger partial charge on any atom is 0.407 e. The average Bonchev–Trinajstić information content (AvgIpc) is 3.21. The van der Waals surface area contributed by atoms with Gasteiger partial charge in [-0.15, -0.1) is 11.3 Å². The van der Waals surface area contributed by atoms with E-state index in [9.17, 15) is 14.7 Å². The second kappa shape index (κ2) is 8.54. The number of likely N-dealkylation sites (tertiary alicyclic amines) is 1. The van der Waals surface area contributed by atoms with Gasteiger partial charge in [-0.05, 0) is 49.2 Å². The molecule has 0 bridgehead atoms. The molecule has 1 aliphatic heterocycles. The Bertz CT molecular complexity index is 1050. The van der Waals surface area contributed by atoms with Crippen molar-refractivity contribution >= 4 is 23.3 Å². The number of piperidine rings is 1. The van der Waals surface area contributed by atoms with E-state index in [2.05, 4.69) is 0 Å². The zero-order valence-electron chi connectivity index (χ0n) is 16.2. The van der Waals surface area contributed by atoms with E-state index in [1.54, 1.807) is 0 Å². The first-order valence-corrected chi connectivity index (χ1v) is 10.4. The molecule has 0 spiro atoms. The number of amides is 2. The van der Waals surface area contributed by atoms with Crippen LogP contribution in [0.3, 0.4) is 0 Å². The number of benzene rings is 2. The fraction of sp³-hybridized carbons (Fsp3) is 0.227. The normalized spacial score (nSPS) is 16.3. The molecule has 0 saturated carbocycles. The monoisotopic (exact) mass is 423 g/mol. The number of para-hydroxylation sites is 1. The number of carboxylic acid groups (broad SMARTS) is 1. The van der Waals surface area contributed by atoms with Crippen LogP contribution in [0.5, 0.6) is 11.5 Å². The highest BCUT2D eigenvalue weighted by Gasteiger charge is 2.28. The van der Waals surface area contributed by atoms with Gasteiger partial charge in [0.15, 0.2) is 0 Å². The number of carbonyl (C=O) groups is 2. The molecule has 3 N–H and O–H groups in total. The lowest BCUT2D eigenvalue weighted by molar-refractivity contribution is 0.100. The van der Waals surface area contributed by atoms with E-state index in [-0.39, 0.29) is 5.92 Å². The number of rotatable bonds is 5. The Kier molecular flexibility index (Phi) is 5.67. The average molecular weight is 423 g/mol. The van der Waals surface area contributed by atoms with Crippen molar-refractivity contribution in [2.24, 2.45) is 5.73 Å². The van der Waals surface area contributed by atoms with Gasteiger partial charge in [0.1, 0.15) is 16.4 Å². The molecular formula is C22H21N3O4S. The zero-order chi connectivity index (χ0) is 21.1. The molecule has 2 amide bonds. The lowest BCUT2D eigenvalue weighted by Gasteiger charge is -2.29. The predicted molar refractivity (Wildman–Crippen MR) is 114 cm³/mol. The van der Waals surface area contributed by atoms with Crippen molar-refractivity contribution in [3.8, 4) is 22.8 Å². The number of aromatic nitrogens is 1. The first kappa shape index (κ1) is 19.9. The molecule has 1 aromatic heterocycles. The SMILES string of the molecule is NC(=O)c1sc(C2CCCN(C(=O)O)C2)nc1-c1ccc(Oc2ccccc2)cc1. The fourth-order valence-electron chi connectivity index (χ4n) is 3.53. The number of nitrogens with two attached hydrogens (primary N) is 1. The number of carbonyl (C=O) groups excluding carboxylic acids is 1. The maximum atomic E-state index is 12.0. The van der Waals surface area contributed by atoms with E-state index in [4.69, 9.17) is 15.5 Å². The summed E-state index contributed by atoms with van der Waals surface area (Å²) >= 11 is 1.25. The van der Waals surface area contributed by atoms with E-state index in [0.29, 0.717) is 29.4 Å². The van der Waals surface area contributed by atoms with Gasteiger partial charge >= 0.3 is 6.09 Å². The third-order valence-electron chi connectivity index (χ3n) is 5.02. The van der Waals surface area contributed by atoms with Gasteiger partial charge in [-0.2, -0.15) is 0 Å². The van der Waals surface area contributed by atoms with Crippen molar-refractivity contribution in [1.82, 2.24) is 9.88 Å². The lowest BCUT2D eigenvalue weighted by Crippen LogP contribution is -2.38. The summed E-state index contributed by atoms with van der Waals surface area (Å²) in [5.74, 6) is 0.835. The Morgan fingerprint density at radius 3 is 2.47 bits per heavy atom. The molecule has 2 heterocycles.